The molecule has 0 rings (SSSR count). The molecule has 0 radical (unpaired) electrons. The molecule has 3 nitrogen and oxygen atoms in total. The molecule has 0 saturated heterocycles. The quantitative estimate of drug-likeness (QED) is 0.345. The van der Waals surface area contributed by atoms with Crippen molar-refractivity contribution in [3.8, 4) is 0 Å². The molecule has 0 spiro atoms. The summed E-state index contributed by atoms with van der Waals surface area (Å²) in [5, 5.41) is 0. The summed E-state index contributed by atoms with van der Waals surface area (Å²) in [6, 6.07) is 0. The van der Waals surface area contributed by atoms with E-state index in [9.17, 15) is 9.59 Å². The van der Waals surface area contributed by atoms with Gasteiger partial charge >= 0.3 is 5.97 Å². The average molecular weight is 156 g/mol. The van der Waals surface area contributed by atoms with Crippen LogP contribution in [0.4, 0.5) is 0 Å². The Morgan fingerprint density at radius 1 is 1.55 bits per heavy atom. The third-order valence-corrected chi connectivity index (χ3v) is 0.934. The summed E-state index contributed by atoms with van der Waals surface area (Å²) >= 11 is 0. The Bertz CT molecular complexity index is 170. The van der Waals surface area contributed by atoms with Crippen LogP contribution in [-0.2, 0) is 14.3 Å². The van der Waals surface area contributed by atoms with E-state index in [4.69, 9.17) is 0 Å². The second kappa shape index (κ2) is 4.66. The number of carbonyl (C=O) groups is 2. The molecule has 0 heterocycles. The van der Waals surface area contributed by atoms with Crippen molar-refractivity contribution in [3.05, 3.63) is 12.7 Å². The van der Waals surface area contributed by atoms with Gasteiger partial charge in [-0.1, -0.05) is 20.4 Å². The van der Waals surface area contributed by atoms with Gasteiger partial charge in [0, 0.05) is 0 Å². The third kappa shape index (κ3) is 4.31. The van der Waals surface area contributed by atoms with Gasteiger partial charge in [0.2, 0.25) is 0 Å². The van der Waals surface area contributed by atoms with Gasteiger partial charge in [-0.05, 0) is 12.0 Å². The van der Waals surface area contributed by atoms with E-state index in [-0.39, 0.29) is 12.5 Å². The molecule has 0 aromatic heterocycles. The van der Waals surface area contributed by atoms with E-state index in [2.05, 4.69) is 11.3 Å². The molecule has 0 atom stereocenters. The molecule has 0 unspecified atom stereocenters. The van der Waals surface area contributed by atoms with Crippen molar-refractivity contribution in [1.29, 1.82) is 0 Å². The highest BCUT2D eigenvalue weighted by molar-refractivity contribution is 6.38. The molecule has 0 amide bonds. The zero-order valence-electron chi connectivity index (χ0n) is 6.79. The van der Waals surface area contributed by atoms with Gasteiger partial charge in [-0.15, -0.1) is 0 Å². The fraction of sp³-hybridized carbons (Fsp3) is 0.500. The van der Waals surface area contributed by atoms with Gasteiger partial charge in [0.25, 0.3) is 5.78 Å². The SMILES string of the molecule is C=CC(=O)C(=O)OCC(C)C. The van der Waals surface area contributed by atoms with E-state index in [1.54, 1.807) is 0 Å². The standard InChI is InChI=1S/C8H12O3/c1-4-7(9)8(10)11-5-6(2)3/h4,6H,1,5H2,2-3H3. The molecule has 3 heteroatoms. The number of esters is 1. The minimum Gasteiger partial charge on any atom is -0.459 e. The van der Waals surface area contributed by atoms with E-state index in [0.717, 1.165) is 6.08 Å². The van der Waals surface area contributed by atoms with Crippen molar-refractivity contribution in [2.45, 2.75) is 13.8 Å². The van der Waals surface area contributed by atoms with Gasteiger partial charge in [0.1, 0.15) is 0 Å². The lowest BCUT2D eigenvalue weighted by molar-refractivity contribution is -0.152. The van der Waals surface area contributed by atoms with Crippen LogP contribution in [0.1, 0.15) is 13.8 Å². The van der Waals surface area contributed by atoms with Gasteiger partial charge in [0.05, 0.1) is 6.61 Å². The Labute approximate surface area is 66.0 Å². The molecule has 0 aromatic carbocycles. The Morgan fingerprint density at radius 3 is 2.45 bits per heavy atom. The minimum atomic E-state index is -0.825. The van der Waals surface area contributed by atoms with Crippen LogP contribution < -0.4 is 0 Å². The second-order valence-corrected chi connectivity index (χ2v) is 2.56. The summed E-state index contributed by atoms with van der Waals surface area (Å²) in [7, 11) is 0. The second-order valence-electron chi connectivity index (χ2n) is 2.56. The molecule has 0 bridgehead atoms. The first-order chi connectivity index (χ1) is 5.07. The van der Waals surface area contributed by atoms with E-state index in [1.807, 2.05) is 13.8 Å². The Balaban J connectivity index is 3.70. The van der Waals surface area contributed by atoms with E-state index >= 15 is 0 Å². The summed E-state index contributed by atoms with van der Waals surface area (Å²) in [6.45, 7) is 7.22. The van der Waals surface area contributed by atoms with Gasteiger partial charge in [-0.2, -0.15) is 0 Å². The Hall–Kier alpha value is -1.12. The molecular weight excluding hydrogens is 144 g/mol. The van der Waals surface area contributed by atoms with E-state index < -0.39 is 11.8 Å². The third-order valence-electron chi connectivity index (χ3n) is 0.934. The number of hydrogen-bond acceptors (Lipinski definition) is 3. The van der Waals surface area contributed by atoms with E-state index in [1.165, 1.54) is 0 Å². The zero-order chi connectivity index (χ0) is 8.85. The van der Waals surface area contributed by atoms with Gasteiger partial charge in [0.15, 0.2) is 0 Å². The number of hydrogen-bond donors (Lipinski definition) is 0. The van der Waals surface area contributed by atoms with Crippen molar-refractivity contribution < 1.29 is 14.3 Å². The largest absolute Gasteiger partial charge is 0.459 e. The van der Waals surface area contributed by atoms with Gasteiger partial charge < -0.3 is 4.74 Å². The number of rotatable bonds is 4. The van der Waals surface area contributed by atoms with Crippen LogP contribution in [0.3, 0.4) is 0 Å². The summed E-state index contributed by atoms with van der Waals surface area (Å²) in [4.78, 5) is 21.2. The lowest BCUT2D eigenvalue weighted by atomic mass is 10.2. The molecule has 0 aliphatic carbocycles. The van der Waals surface area contributed by atoms with Crippen molar-refractivity contribution >= 4 is 11.8 Å². The van der Waals surface area contributed by atoms with Crippen molar-refractivity contribution in [1.82, 2.24) is 0 Å². The maximum Gasteiger partial charge on any atom is 0.379 e. The summed E-state index contributed by atoms with van der Waals surface area (Å²) < 4.78 is 4.60. The van der Waals surface area contributed by atoms with Crippen LogP contribution in [0.25, 0.3) is 0 Å². The molecule has 0 aromatic rings. The molecule has 0 saturated carbocycles. The highest BCUT2D eigenvalue weighted by Gasteiger charge is 2.10. The number of carbonyl (C=O) groups excluding carboxylic acids is 2. The van der Waals surface area contributed by atoms with Crippen LogP contribution >= 0.6 is 0 Å². The predicted molar refractivity (Wildman–Crippen MR) is 41.0 cm³/mol. The highest BCUT2D eigenvalue weighted by Crippen LogP contribution is 1.93. The number of ketones is 1. The minimum absolute atomic E-state index is 0.247. The first-order valence-electron chi connectivity index (χ1n) is 3.41. The Kier molecular flexibility index (Phi) is 4.18. The van der Waals surface area contributed by atoms with Crippen molar-refractivity contribution in [2.75, 3.05) is 6.61 Å². The van der Waals surface area contributed by atoms with Gasteiger partial charge in [-0.25, -0.2) is 4.79 Å². The summed E-state index contributed by atoms with van der Waals surface area (Å²) in [6.07, 6.45) is 0.947. The maximum absolute atomic E-state index is 10.6. The van der Waals surface area contributed by atoms with Gasteiger partial charge in [-0.3, -0.25) is 4.79 Å². The molecule has 0 aliphatic heterocycles. The fourth-order valence-electron chi connectivity index (χ4n) is 0.397. The smallest absolute Gasteiger partial charge is 0.379 e. The molecule has 0 N–H and O–H groups in total. The highest BCUT2D eigenvalue weighted by atomic mass is 16.5. The average Bonchev–Trinajstić information content (AvgIpc) is 1.98. The van der Waals surface area contributed by atoms with Crippen LogP contribution in [-0.4, -0.2) is 18.4 Å². The van der Waals surface area contributed by atoms with E-state index in [0.29, 0.717) is 0 Å². The van der Waals surface area contributed by atoms with Crippen molar-refractivity contribution in [2.24, 2.45) is 5.92 Å². The predicted octanol–water partition coefficient (Wildman–Crippen LogP) is 0.941. The lowest BCUT2D eigenvalue weighted by Crippen LogP contribution is -2.17. The summed E-state index contributed by atoms with van der Waals surface area (Å²) in [5.74, 6) is -1.27. The molecule has 0 aliphatic rings. The zero-order valence-corrected chi connectivity index (χ0v) is 6.79. The van der Waals surface area contributed by atoms with Crippen LogP contribution in [0.2, 0.25) is 0 Å². The molecule has 11 heavy (non-hydrogen) atoms. The fourth-order valence-corrected chi connectivity index (χ4v) is 0.397. The van der Waals surface area contributed by atoms with Crippen LogP contribution in [0.5, 0.6) is 0 Å². The maximum atomic E-state index is 10.6. The monoisotopic (exact) mass is 156 g/mol. The Morgan fingerprint density at radius 2 is 2.09 bits per heavy atom. The molecular formula is C8H12O3. The number of ether oxygens (including phenoxy) is 1. The normalized spacial score (nSPS) is 9.36. The topological polar surface area (TPSA) is 43.4 Å². The van der Waals surface area contributed by atoms with Crippen molar-refractivity contribution in [3.63, 3.8) is 0 Å². The molecule has 62 valence electrons. The van der Waals surface area contributed by atoms with Crippen LogP contribution in [0, 0.1) is 5.92 Å². The first kappa shape index (κ1) is 9.88. The first-order valence-corrected chi connectivity index (χ1v) is 3.41. The summed E-state index contributed by atoms with van der Waals surface area (Å²) in [5.41, 5.74) is 0. The van der Waals surface area contributed by atoms with Crippen LogP contribution in [0.15, 0.2) is 12.7 Å². The molecule has 0 fully saturated rings. The lowest BCUT2D eigenvalue weighted by Gasteiger charge is -2.03.